The van der Waals surface area contributed by atoms with Crippen LogP contribution in [0.15, 0.2) is 60.7 Å². The van der Waals surface area contributed by atoms with Gasteiger partial charge in [-0.25, -0.2) is 0 Å². The van der Waals surface area contributed by atoms with Crippen molar-refractivity contribution in [2.45, 2.75) is 36.9 Å². The predicted octanol–water partition coefficient (Wildman–Crippen LogP) is 4.36. The summed E-state index contributed by atoms with van der Waals surface area (Å²) in [4.78, 5) is 0. The summed E-state index contributed by atoms with van der Waals surface area (Å²) in [6, 6.07) is 22.3. The van der Waals surface area contributed by atoms with E-state index in [0.29, 0.717) is 12.2 Å². The molecule has 2 atom stereocenters. The van der Waals surface area contributed by atoms with Gasteiger partial charge in [0.2, 0.25) is 0 Å². The molecule has 1 saturated heterocycles. The molecule has 4 aliphatic rings. The van der Waals surface area contributed by atoms with E-state index in [0.717, 1.165) is 23.7 Å². The summed E-state index contributed by atoms with van der Waals surface area (Å²) in [7, 11) is 0. The maximum Gasteiger partial charge on any atom is 0.0845 e. The van der Waals surface area contributed by atoms with Gasteiger partial charge in [-0.3, -0.25) is 0 Å². The van der Waals surface area contributed by atoms with Crippen molar-refractivity contribution in [2.75, 3.05) is 0 Å². The molecule has 2 bridgehead atoms. The van der Waals surface area contributed by atoms with E-state index in [4.69, 9.17) is 4.74 Å². The highest BCUT2D eigenvalue weighted by atomic mass is 16.6. The highest BCUT2D eigenvalue weighted by Crippen LogP contribution is 2.65. The first-order chi connectivity index (χ1) is 10.4. The van der Waals surface area contributed by atoms with E-state index in [9.17, 15) is 0 Å². The van der Waals surface area contributed by atoms with Gasteiger partial charge in [0, 0.05) is 0 Å². The molecule has 1 aliphatic heterocycles. The summed E-state index contributed by atoms with van der Waals surface area (Å²) in [6.45, 7) is 0. The van der Waals surface area contributed by atoms with Gasteiger partial charge in [-0.1, -0.05) is 60.7 Å². The molecular formula is C20H20O. The largest absolute Gasteiger partial charge is 0.370 e. The van der Waals surface area contributed by atoms with Crippen LogP contribution in [-0.4, -0.2) is 12.2 Å². The Bertz CT molecular complexity index is 570. The lowest BCUT2D eigenvalue weighted by Crippen LogP contribution is -2.43. The number of epoxide rings is 1. The van der Waals surface area contributed by atoms with Gasteiger partial charge in [-0.15, -0.1) is 0 Å². The van der Waals surface area contributed by atoms with Crippen LogP contribution in [-0.2, 0) is 4.74 Å². The molecule has 4 fully saturated rings. The predicted molar refractivity (Wildman–Crippen MR) is 83.2 cm³/mol. The maximum atomic E-state index is 5.83. The van der Waals surface area contributed by atoms with Gasteiger partial charge in [0.05, 0.1) is 12.2 Å². The second kappa shape index (κ2) is 4.45. The number of rotatable bonds is 2. The van der Waals surface area contributed by atoms with Gasteiger partial charge >= 0.3 is 0 Å². The Labute approximate surface area is 126 Å². The lowest BCUT2D eigenvalue weighted by Gasteiger charge is -2.52. The van der Waals surface area contributed by atoms with Gasteiger partial charge in [0.25, 0.3) is 0 Å². The van der Waals surface area contributed by atoms with Crippen molar-refractivity contribution < 1.29 is 4.74 Å². The summed E-state index contributed by atoms with van der Waals surface area (Å²) in [6.07, 6.45) is 3.61. The van der Waals surface area contributed by atoms with E-state index in [1.807, 2.05) is 0 Å². The molecular weight excluding hydrogens is 256 g/mol. The second-order valence-electron chi connectivity index (χ2n) is 6.89. The third kappa shape index (κ3) is 1.80. The van der Waals surface area contributed by atoms with E-state index in [1.54, 1.807) is 11.1 Å². The van der Waals surface area contributed by atoms with E-state index in [1.165, 1.54) is 12.8 Å². The van der Waals surface area contributed by atoms with Crippen LogP contribution in [0, 0.1) is 11.8 Å². The zero-order chi connectivity index (χ0) is 13.8. The minimum absolute atomic E-state index is 0.555. The first kappa shape index (κ1) is 12.0. The Kier molecular flexibility index (Phi) is 2.54. The minimum atomic E-state index is 0.555. The Morgan fingerprint density at radius 3 is 1.48 bits per heavy atom. The molecule has 2 aromatic rings. The molecule has 21 heavy (non-hydrogen) atoms. The van der Waals surface area contributed by atoms with Crippen LogP contribution in [0.2, 0.25) is 0 Å². The van der Waals surface area contributed by atoms with Crippen molar-refractivity contribution in [2.24, 2.45) is 11.8 Å². The average Bonchev–Trinajstić information content (AvgIpc) is 3.27. The van der Waals surface area contributed by atoms with Crippen LogP contribution in [0.4, 0.5) is 0 Å². The van der Waals surface area contributed by atoms with Crippen LogP contribution in [0.1, 0.15) is 35.8 Å². The van der Waals surface area contributed by atoms with Crippen molar-refractivity contribution in [3.8, 4) is 0 Å². The zero-order valence-corrected chi connectivity index (χ0v) is 12.1. The zero-order valence-electron chi connectivity index (χ0n) is 12.1. The van der Waals surface area contributed by atoms with Gasteiger partial charge in [0.15, 0.2) is 0 Å². The topological polar surface area (TPSA) is 12.5 Å². The summed E-state index contributed by atoms with van der Waals surface area (Å²) < 4.78 is 5.83. The van der Waals surface area contributed by atoms with Gasteiger partial charge in [-0.2, -0.15) is 0 Å². The summed E-state index contributed by atoms with van der Waals surface area (Å²) >= 11 is 0. The molecule has 1 nitrogen and oxygen atoms in total. The molecule has 6 rings (SSSR count). The average molecular weight is 276 g/mol. The normalized spacial score (nSPS) is 39.8. The SMILES string of the molecule is c1ccc(C2C3C[C@H]4O[C@@H]4CC2C3c2ccccc2)cc1. The van der Waals surface area contributed by atoms with E-state index < -0.39 is 0 Å². The van der Waals surface area contributed by atoms with Crippen molar-refractivity contribution >= 4 is 0 Å². The van der Waals surface area contributed by atoms with E-state index in [2.05, 4.69) is 60.7 Å². The van der Waals surface area contributed by atoms with Crippen molar-refractivity contribution in [3.63, 3.8) is 0 Å². The highest BCUT2D eigenvalue weighted by Gasteiger charge is 2.60. The monoisotopic (exact) mass is 276 g/mol. The van der Waals surface area contributed by atoms with Crippen molar-refractivity contribution in [1.29, 1.82) is 0 Å². The number of benzene rings is 2. The minimum Gasteiger partial charge on any atom is -0.370 e. The standard InChI is InChI=1S/C20H20O/c1-3-7-13(8-4-1)19-15-11-17-18(21-17)12-16(19)20(15)14-9-5-2-6-10-14/h1-10,15-20H,11-12H2/t15?,16?,17-,18-,19?,20?/m1/s1. The first-order valence-electron chi connectivity index (χ1n) is 8.17. The molecule has 0 radical (unpaired) electrons. The van der Waals surface area contributed by atoms with Crippen LogP contribution in [0.5, 0.6) is 0 Å². The number of hydrogen-bond acceptors (Lipinski definition) is 1. The molecule has 0 amide bonds. The van der Waals surface area contributed by atoms with Gasteiger partial charge in [-0.05, 0) is 47.6 Å². The molecule has 0 unspecified atom stereocenters. The molecule has 1 heteroatoms. The van der Waals surface area contributed by atoms with Gasteiger partial charge < -0.3 is 4.74 Å². The smallest absolute Gasteiger partial charge is 0.0845 e. The van der Waals surface area contributed by atoms with E-state index >= 15 is 0 Å². The van der Waals surface area contributed by atoms with Crippen LogP contribution in [0.3, 0.4) is 0 Å². The fraction of sp³-hybridized carbons (Fsp3) is 0.400. The fourth-order valence-corrected chi connectivity index (χ4v) is 4.99. The van der Waals surface area contributed by atoms with Crippen LogP contribution in [0.25, 0.3) is 0 Å². The Balaban J connectivity index is 1.53. The summed E-state index contributed by atoms with van der Waals surface area (Å²) in [5.74, 6) is 3.01. The van der Waals surface area contributed by atoms with Crippen LogP contribution >= 0.6 is 0 Å². The summed E-state index contributed by atoms with van der Waals surface area (Å²) in [5, 5.41) is 0. The van der Waals surface area contributed by atoms with Gasteiger partial charge in [0.1, 0.15) is 0 Å². The molecule has 0 spiro atoms. The van der Waals surface area contributed by atoms with Crippen molar-refractivity contribution in [1.82, 2.24) is 0 Å². The molecule has 106 valence electrons. The Hall–Kier alpha value is -1.60. The Morgan fingerprint density at radius 2 is 1.05 bits per heavy atom. The molecule has 2 aromatic carbocycles. The first-order valence-corrected chi connectivity index (χ1v) is 8.17. The van der Waals surface area contributed by atoms with Crippen molar-refractivity contribution in [3.05, 3.63) is 71.8 Å². The summed E-state index contributed by atoms with van der Waals surface area (Å²) in [5.41, 5.74) is 3.09. The number of hydrogen-bond donors (Lipinski definition) is 0. The molecule has 0 aromatic heterocycles. The lowest BCUT2D eigenvalue weighted by atomic mass is 9.52. The van der Waals surface area contributed by atoms with Crippen LogP contribution < -0.4 is 0 Å². The third-order valence-corrected chi connectivity index (χ3v) is 5.91. The molecule has 3 aliphatic carbocycles. The molecule has 1 heterocycles. The Morgan fingerprint density at radius 1 is 0.619 bits per heavy atom. The quantitative estimate of drug-likeness (QED) is 0.742. The van der Waals surface area contributed by atoms with E-state index in [-0.39, 0.29) is 0 Å². The highest BCUT2D eigenvalue weighted by molar-refractivity contribution is 5.35. The maximum absolute atomic E-state index is 5.83. The number of ether oxygens (including phenoxy) is 1. The lowest BCUT2D eigenvalue weighted by molar-refractivity contribution is 0.0652. The molecule has 3 saturated carbocycles. The second-order valence-corrected chi connectivity index (χ2v) is 6.89. The fourth-order valence-electron chi connectivity index (χ4n) is 4.99. The molecule has 0 N–H and O–H groups in total. The third-order valence-electron chi connectivity index (χ3n) is 5.91.